The van der Waals surface area contributed by atoms with Gasteiger partial charge >= 0.3 is 7.60 Å². The molecule has 2 atom stereocenters. The van der Waals surface area contributed by atoms with Crippen molar-refractivity contribution in [1.82, 2.24) is 10.6 Å². The predicted octanol–water partition coefficient (Wildman–Crippen LogP) is -1.52. The highest BCUT2D eigenvalue weighted by atomic mass is 31.2. The van der Waals surface area contributed by atoms with Crippen LogP contribution in [0.2, 0.25) is 0 Å². The standard InChI is InChI=1S/C8H18N3O5P/c1-3-7(17(14,15)16)11-6(12)4-10-8(13)5(2)9/h5,7H,3-4,9H2,1-2H3,(H,10,13)(H,11,12)(H2,14,15,16)/t5-,7?/m0/s1. The number of amides is 2. The van der Waals surface area contributed by atoms with E-state index >= 15 is 0 Å². The van der Waals surface area contributed by atoms with Crippen molar-refractivity contribution in [2.75, 3.05) is 6.54 Å². The van der Waals surface area contributed by atoms with Crippen LogP contribution in [0.15, 0.2) is 0 Å². The van der Waals surface area contributed by atoms with Gasteiger partial charge < -0.3 is 26.2 Å². The second-order valence-electron chi connectivity index (χ2n) is 3.59. The molecule has 9 heteroatoms. The molecule has 1 unspecified atom stereocenters. The molecule has 0 heterocycles. The van der Waals surface area contributed by atoms with Crippen LogP contribution in [0.25, 0.3) is 0 Å². The SMILES string of the molecule is CCC(NC(=O)CNC(=O)[C@H](C)N)P(=O)(O)O. The zero-order valence-corrected chi connectivity index (χ0v) is 10.6. The fourth-order valence-corrected chi connectivity index (χ4v) is 1.78. The van der Waals surface area contributed by atoms with E-state index in [2.05, 4.69) is 10.6 Å². The topological polar surface area (TPSA) is 142 Å². The Morgan fingerprint density at radius 3 is 2.29 bits per heavy atom. The molecule has 0 aliphatic carbocycles. The summed E-state index contributed by atoms with van der Waals surface area (Å²) in [5.74, 6) is -2.42. The third kappa shape index (κ3) is 6.38. The van der Waals surface area contributed by atoms with Crippen molar-refractivity contribution >= 4 is 19.4 Å². The lowest BCUT2D eigenvalue weighted by Crippen LogP contribution is -2.45. The van der Waals surface area contributed by atoms with Gasteiger partial charge in [0.1, 0.15) is 5.78 Å². The molecule has 0 aliphatic heterocycles. The largest absolute Gasteiger partial charge is 0.347 e. The summed E-state index contributed by atoms with van der Waals surface area (Å²) in [4.78, 5) is 40.1. The lowest BCUT2D eigenvalue weighted by Gasteiger charge is -2.18. The van der Waals surface area contributed by atoms with E-state index in [0.717, 1.165) is 0 Å². The summed E-state index contributed by atoms with van der Waals surface area (Å²) in [6, 6.07) is -0.744. The van der Waals surface area contributed by atoms with Crippen LogP contribution in [0.4, 0.5) is 0 Å². The van der Waals surface area contributed by atoms with Crippen LogP contribution in [0.5, 0.6) is 0 Å². The minimum atomic E-state index is -4.37. The molecule has 0 fully saturated rings. The van der Waals surface area contributed by atoms with Gasteiger partial charge in [0, 0.05) is 0 Å². The van der Waals surface area contributed by atoms with Crippen molar-refractivity contribution in [2.45, 2.75) is 32.1 Å². The molecule has 0 saturated carbocycles. The van der Waals surface area contributed by atoms with Gasteiger partial charge in [-0.05, 0) is 13.3 Å². The zero-order chi connectivity index (χ0) is 13.6. The molecule has 6 N–H and O–H groups in total. The number of nitrogens with one attached hydrogen (secondary N) is 2. The Kier molecular flexibility index (Phi) is 6.33. The molecule has 0 aromatic rings. The first-order valence-corrected chi connectivity index (χ1v) is 6.74. The number of nitrogens with two attached hydrogens (primary N) is 1. The number of carbonyl (C=O) groups excluding carboxylic acids is 2. The van der Waals surface area contributed by atoms with Crippen molar-refractivity contribution in [1.29, 1.82) is 0 Å². The zero-order valence-electron chi connectivity index (χ0n) is 9.71. The van der Waals surface area contributed by atoms with Crippen LogP contribution in [0.3, 0.4) is 0 Å². The average Bonchev–Trinajstić information content (AvgIpc) is 2.20. The third-order valence-corrected chi connectivity index (χ3v) is 3.26. The van der Waals surface area contributed by atoms with Gasteiger partial charge in [-0.15, -0.1) is 0 Å². The minimum Gasteiger partial charge on any atom is -0.346 e. The van der Waals surface area contributed by atoms with E-state index in [1.165, 1.54) is 13.8 Å². The van der Waals surface area contributed by atoms with E-state index in [0.29, 0.717) is 0 Å². The lowest BCUT2D eigenvalue weighted by atomic mass is 10.3. The first-order chi connectivity index (χ1) is 7.68. The molecule has 0 aliphatic rings. The summed E-state index contributed by atoms with van der Waals surface area (Å²) >= 11 is 0. The summed E-state index contributed by atoms with van der Waals surface area (Å²) in [5, 5.41) is 4.38. The number of hydrogen-bond donors (Lipinski definition) is 5. The summed E-state index contributed by atoms with van der Waals surface area (Å²) in [6.45, 7) is 2.62. The summed E-state index contributed by atoms with van der Waals surface area (Å²) in [5.41, 5.74) is 5.25. The Morgan fingerprint density at radius 2 is 1.94 bits per heavy atom. The summed E-state index contributed by atoms with van der Waals surface area (Å²) in [7, 11) is -4.37. The van der Waals surface area contributed by atoms with Crippen molar-refractivity contribution < 1.29 is 23.9 Å². The van der Waals surface area contributed by atoms with Crippen molar-refractivity contribution in [2.24, 2.45) is 5.73 Å². The highest BCUT2D eigenvalue weighted by Crippen LogP contribution is 2.40. The first-order valence-electron chi connectivity index (χ1n) is 5.06. The molecule has 8 nitrogen and oxygen atoms in total. The Balaban J connectivity index is 4.18. The molecular weight excluding hydrogens is 249 g/mol. The number of rotatable bonds is 6. The van der Waals surface area contributed by atoms with Crippen LogP contribution >= 0.6 is 7.60 Å². The van der Waals surface area contributed by atoms with E-state index in [1.807, 2.05) is 0 Å². The maximum Gasteiger partial charge on any atom is 0.347 e. The van der Waals surface area contributed by atoms with E-state index < -0.39 is 31.2 Å². The normalized spacial score (nSPS) is 14.9. The molecule has 0 spiro atoms. The molecule has 0 rings (SSSR count). The van der Waals surface area contributed by atoms with Crippen LogP contribution in [0.1, 0.15) is 20.3 Å². The van der Waals surface area contributed by atoms with Crippen molar-refractivity contribution in [3.8, 4) is 0 Å². The minimum absolute atomic E-state index is 0.0945. The quantitative estimate of drug-likeness (QED) is 0.370. The molecule has 17 heavy (non-hydrogen) atoms. The highest BCUT2D eigenvalue weighted by molar-refractivity contribution is 7.52. The van der Waals surface area contributed by atoms with Gasteiger partial charge in [0.25, 0.3) is 0 Å². The molecule has 0 bridgehead atoms. The second-order valence-corrected chi connectivity index (χ2v) is 5.39. The fraction of sp³-hybridized carbons (Fsp3) is 0.750. The first kappa shape index (κ1) is 16.1. The maximum atomic E-state index is 11.3. The van der Waals surface area contributed by atoms with Crippen molar-refractivity contribution in [3.63, 3.8) is 0 Å². The Hall–Kier alpha value is -0.950. The van der Waals surface area contributed by atoms with Crippen LogP contribution < -0.4 is 16.4 Å². The molecule has 0 aromatic carbocycles. The Bertz CT molecular complexity index is 327. The molecule has 2 amide bonds. The average molecular weight is 267 g/mol. The predicted molar refractivity (Wildman–Crippen MR) is 60.9 cm³/mol. The molecule has 0 radical (unpaired) electrons. The maximum absolute atomic E-state index is 11.3. The van der Waals surface area contributed by atoms with E-state index in [4.69, 9.17) is 15.5 Å². The van der Waals surface area contributed by atoms with Gasteiger partial charge in [-0.2, -0.15) is 0 Å². The highest BCUT2D eigenvalue weighted by Gasteiger charge is 2.28. The lowest BCUT2D eigenvalue weighted by molar-refractivity contribution is -0.126. The monoisotopic (exact) mass is 267 g/mol. The van der Waals surface area contributed by atoms with Gasteiger partial charge in [-0.25, -0.2) is 0 Å². The van der Waals surface area contributed by atoms with Crippen LogP contribution in [0, 0.1) is 0 Å². The van der Waals surface area contributed by atoms with Gasteiger partial charge in [-0.1, -0.05) is 6.92 Å². The summed E-state index contributed by atoms with van der Waals surface area (Å²) in [6.07, 6.45) is 0.0945. The van der Waals surface area contributed by atoms with Gasteiger partial charge in [0.15, 0.2) is 0 Å². The number of hydrogen-bond acceptors (Lipinski definition) is 4. The van der Waals surface area contributed by atoms with Gasteiger partial charge in [-0.3, -0.25) is 14.2 Å². The number of carbonyl (C=O) groups is 2. The Morgan fingerprint density at radius 1 is 1.41 bits per heavy atom. The molecular formula is C8H18N3O5P. The van der Waals surface area contributed by atoms with E-state index in [9.17, 15) is 14.2 Å². The summed E-state index contributed by atoms with van der Waals surface area (Å²) < 4.78 is 10.9. The van der Waals surface area contributed by atoms with Gasteiger partial charge in [0.2, 0.25) is 11.8 Å². The molecule has 0 saturated heterocycles. The van der Waals surface area contributed by atoms with E-state index in [-0.39, 0.29) is 13.0 Å². The van der Waals surface area contributed by atoms with Gasteiger partial charge in [0.05, 0.1) is 12.6 Å². The van der Waals surface area contributed by atoms with Crippen molar-refractivity contribution in [3.05, 3.63) is 0 Å². The van der Waals surface area contributed by atoms with Crippen LogP contribution in [-0.4, -0.2) is 40.0 Å². The second kappa shape index (κ2) is 6.70. The third-order valence-electron chi connectivity index (χ3n) is 1.96. The Labute approximate surface area is 99.1 Å². The molecule has 100 valence electrons. The smallest absolute Gasteiger partial charge is 0.346 e. The fourth-order valence-electron chi connectivity index (χ4n) is 0.989. The molecule has 0 aromatic heterocycles. The van der Waals surface area contributed by atoms with E-state index in [1.54, 1.807) is 0 Å². The van der Waals surface area contributed by atoms with Crippen LogP contribution in [-0.2, 0) is 14.2 Å².